The summed E-state index contributed by atoms with van der Waals surface area (Å²) in [6, 6.07) is 5.31. The van der Waals surface area contributed by atoms with Gasteiger partial charge in [0.15, 0.2) is 5.65 Å². The number of aliphatic hydroxyl groups excluding tert-OH is 2. The molecule has 0 aliphatic heterocycles. The minimum Gasteiger partial charge on any atom is -0.406 e. The Morgan fingerprint density at radius 1 is 1.40 bits per heavy atom. The summed E-state index contributed by atoms with van der Waals surface area (Å²) in [5.74, 6) is -1.45. The predicted molar refractivity (Wildman–Crippen MR) is 99.6 cm³/mol. The lowest BCUT2D eigenvalue weighted by molar-refractivity contribution is -0.274. The molecule has 3 rings (SSSR count). The molecule has 1 aromatic carbocycles. The Bertz CT molecular complexity index is 1200. The van der Waals surface area contributed by atoms with Crippen LogP contribution in [0.25, 0.3) is 16.7 Å². The highest BCUT2D eigenvalue weighted by Gasteiger charge is 2.31. The van der Waals surface area contributed by atoms with E-state index in [1.165, 1.54) is 29.1 Å². The van der Waals surface area contributed by atoms with Crippen LogP contribution in [0.3, 0.4) is 0 Å². The van der Waals surface area contributed by atoms with Crippen molar-refractivity contribution in [2.75, 3.05) is 6.61 Å². The first-order valence-corrected chi connectivity index (χ1v) is 8.45. The number of hydrogen-bond donors (Lipinski definition) is 3. The Morgan fingerprint density at radius 3 is 2.77 bits per heavy atom. The van der Waals surface area contributed by atoms with E-state index in [9.17, 15) is 28.2 Å². The number of amides is 1. The third kappa shape index (κ3) is 4.58. The van der Waals surface area contributed by atoms with Crippen LogP contribution in [0, 0.1) is 0 Å². The monoisotopic (exact) mass is 425 g/mol. The highest BCUT2D eigenvalue weighted by Crippen LogP contribution is 2.29. The molecule has 3 N–H and O–H groups in total. The fourth-order valence-electron chi connectivity index (χ4n) is 2.82. The maximum absolute atomic E-state index is 12.4. The van der Waals surface area contributed by atoms with Gasteiger partial charge in [0.2, 0.25) is 5.91 Å². The fourth-order valence-corrected chi connectivity index (χ4v) is 2.82. The first kappa shape index (κ1) is 17.4. The molecule has 30 heavy (non-hydrogen) atoms. The summed E-state index contributed by atoms with van der Waals surface area (Å²) in [5, 5.41) is 26.5. The van der Waals surface area contributed by atoms with Crippen molar-refractivity contribution >= 4 is 16.9 Å². The van der Waals surface area contributed by atoms with Crippen molar-refractivity contribution in [1.82, 2.24) is 20.1 Å². The van der Waals surface area contributed by atoms with Gasteiger partial charge in [-0.1, -0.05) is 6.53 Å². The maximum Gasteiger partial charge on any atom is 0.573 e. The molecule has 8 nitrogen and oxygen atoms in total. The molecule has 0 spiro atoms. The number of nitrogens with zero attached hydrogens (tertiary/aromatic N) is 3. The summed E-state index contributed by atoms with van der Waals surface area (Å²) in [6.07, 6.45) is -4.83. The van der Waals surface area contributed by atoms with Crippen LogP contribution in [-0.2, 0) is 11.3 Å². The second kappa shape index (κ2) is 8.51. The number of fused-ring (bicyclic) bond motifs is 1. The number of alkyl halides is 3. The Kier molecular flexibility index (Phi) is 4.94. The van der Waals surface area contributed by atoms with Crippen molar-refractivity contribution in [3.05, 3.63) is 60.4 Å². The second-order valence-electron chi connectivity index (χ2n) is 6.01. The molecule has 11 heteroatoms. The number of halogens is 3. The molecular weight excluding hydrogens is 405 g/mol. The minimum atomic E-state index is -4.86. The standard InChI is InChI=1S/C19H17F3N4O4/c1-2-16(29)24-9-14-17-13(15(28)10-27)7-8-23-18(17)26(25-14)11-3-5-12(6-4-11)30-19(20,21)22/h2-8,15,27-28H,1,9-10H2,(H,24,29)/t15-/m1/s1/i1D2,2D. The van der Waals surface area contributed by atoms with Crippen molar-refractivity contribution in [2.24, 2.45) is 0 Å². The van der Waals surface area contributed by atoms with Crippen molar-refractivity contribution in [3.8, 4) is 11.4 Å². The molecule has 0 radical (unpaired) electrons. The van der Waals surface area contributed by atoms with E-state index in [1.54, 1.807) is 0 Å². The molecule has 2 heterocycles. The van der Waals surface area contributed by atoms with Gasteiger partial charge in [0.1, 0.15) is 11.9 Å². The average Bonchev–Trinajstić information content (AvgIpc) is 3.14. The number of pyridine rings is 1. The molecule has 158 valence electrons. The third-order valence-corrected chi connectivity index (χ3v) is 4.05. The molecule has 0 aliphatic rings. The van der Waals surface area contributed by atoms with Gasteiger partial charge in [0.25, 0.3) is 0 Å². The van der Waals surface area contributed by atoms with Crippen molar-refractivity contribution in [3.63, 3.8) is 0 Å². The fraction of sp³-hybridized carbons (Fsp3) is 0.211. The summed E-state index contributed by atoms with van der Waals surface area (Å²) >= 11 is 0. The van der Waals surface area contributed by atoms with E-state index in [0.29, 0.717) is 0 Å². The molecule has 0 bridgehead atoms. The van der Waals surface area contributed by atoms with Crippen molar-refractivity contribution < 1.29 is 37.0 Å². The number of hydrogen-bond acceptors (Lipinski definition) is 6. The normalized spacial score (nSPS) is 13.8. The van der Waals surface area contributed by atoms with Crippen molar-refractivity contribution in [2.45, 2.75) is 19.0 Å². The minimum absolute atomic E-state index is 0.161. The van der Waals surface area contributed by atoms with Crippen LogP contribution in [-0.4, -0.2) is 43.9 Å². The molecule has 0 saturated carbocycles. The zero-order valence-corrected chi connectivity index (χ0v) is 15.1. The van der Waals surface area contributed by atoms with Crippen LogP contribution < -0.4 is 10.1 Å². The number of rotatable bonds is 7. The van der Waals surface area contributed by atoms with Crippen LogP contribution in [0.1, 0.15) is 21.5 Å². The van der Waals surface area contributed by atoms with E-state index in [4.69, 9.17) is 4.11 Å². The van der Waals surface area contributed by atoms with Gasteiger partial charge in [-0.3, -0.25) is 4.79 Å². The molecule has 0 fully saturated rings. The summed E-state index contributed by atoms with van der Waals surface area (Å²) in [7, 11) is 0. The Hall–Kier alpha value is -3.44. The van der Waals surface area contributed by atoms with E-state index in [-0.39, 0.29) is 34.5 Å². The number of aliphatic hydroxyl groups is 2. The predicted octanol–water partition coefficient (Wildman–Crippen LogP) is 2.15. The molecule has 1 atom stereocenters. The quantitative estimate of drug-likeness (QED) is 0.501. The van der Waals surface area contributed by atoms with Gasteiger partial charge in [-0.2, -0.15) is 5.10 Å². The first-order valence-electron chi connectivity index (χ1n) is 9.95. The zero-order chi connectivity index (χ0) is 24.3. The van der Waals surface area contributed by atoms with Crippen LogP contribution in [0.5, 0.6) is 5.75 Å². The number of aromatic nitrogens is 3. The Balaban J connectivity index is 2.06. The number of carbonyl (C=O) groups excluding carboxylic acids is 1. The molecule has 0 aliphatic carbocycles. The lowest BCUT2D eigenvalue weighted by Gasteiger charge is -2.10. The number of carbonyl (C=O) groups is 1. The molecule has 2 aromatic heterocycles. The smallest absolute Gasteiger partial charge is 0.406 e. The van der Waals surface area contributed by atoms with E-state index in [2.05, 4.69) is 20.1 Å². The highest BCUT2D eigenvalue weighted by atomic mass is 19.4. The first-order chi connectivity index (χ1) is 15.5. The van der Waals surface area contributed by atoms with E-state index >= 15 is 0 Å². The lowest BCUT2D eigenvalue weighted by Crippen LogP contribution is -2.20. The maximum atomic E-state index is 12.4. The van der Waals surface area contributed by atoms with Crippen LogP contribution in [0.15, 0.2) is 49.1 Å². The Labute approximate surface area is 172 Å². The van der Waals surface area contributed by atoms with E-state index in [1.807, 2.05) is 0 Å². The summed E-state index contributed by atoms with van der Waals surface area (Å²) in [4.78, 5) is 16.2. The molecule has 0 unspecified atom stereocenters. The SMILES string of the molecule is [2H]C([2H])=C([2H])C(=O)NCc1nn(-c2ccc(OC(F)(F)F)cc2)c2nccc([C@H](O)CO)c12. The number of ether oxygens (including phenoxy) is 1. The van der Waals surface area contributed by atoms with Crippen LogP contribution in [0.2, 0.25) is 0 Å². The molecular formula is C19H17F3N4O4. The van der Waals surface area contributed by atoms with Gasteiger partial charge in [-0.25, -0.2) is 9.67 Å². The summed E-state index contributed by atoms with van der Waals surface area (Å²) in [5.41, 5.74) is 0.861. The molecule has 0 saturated heterocycles. The van der Waals surface area contributed by atoms with Gasteiger partial charge in [-0.15, -0.1) is 13.2 Å². The van der Waals surface area contributed by atoms with E-state index in [0.717, 1.165) is 12.1 Å². The lowest BCUT2D eigenvalue weighted by atomic mass is 10.1. The second-order valence-corrected chi connectivity index (χ2v) is 6.01. The molecule has 3 aromatic rings. The van der Waals surface area contributed by atoms with Crippen LogP contribution >= 0.6 is 0 Å². The van der Waals surface area contributed by atoms with Crippen molar-refractivity contribution in [1.29, 1.82) is 0 Å². The zero-order valence-electron chi connectivity index (χ0n) is 18.1. The third-order valence-electron chi connectivity index (χ3n) is 4.05. The summed E-state index contributed by atoms with van der Waals surface area (Å²) in [6.45, 7) is -1.90. The topological polar surface area (TPSA) is 110 Å². The molecule has 1 amide bonds. The van der Waals surface area contributed by atoms with E-state index < -0.39 is 43.3 Å². The number of benzene rings is 1. The highest BCUT2D eigenvalue weighted by molar-refractivity contribution is 5.88. The van der Waals surface area contributed by atoms with Gasteiger partial charge in [0, 0.05) is 6.20 Å². The largest absolute Gasteiger partial charge is 0.573 e. The van der Waals surface area contributed by atoms with Gasteiger partial charge >= 0.3 is 6.36 Å². The van der Waals surface area contributed by atoms with Crippen LogP contribution in [0.4, 0.5) is 13.2 Å². The van der Waals surface area contributed by atoms with Gasteiger partial charge in [-0.05, 0) is 41.9 Å². The Morgan fingerprint density at radius 2 is 2.13 bits per heavy atom. The van der Waals surface area contributed by atoms with Gasteiger partial charge in [0.05, 0.1) is 34.0 Å². The number of nitrogens with one attached hydrogen (secondary N) is 1. The summed E-state index contributed by atoms with van der Waals surface area (Å²) < 4.78 is 63.9. The average molecular weight is 425 g/mol. The van der Waals surface area contributed by atoms with Gasteiger partial charge < -0.3 is 20.3 Å².